The van der Waals surface area contributed by atoms with Crippen molar-refractivity contribution in [3.05, 3.63) is 22.2 Å². The van der Waals surface area contributed by atoms with Gasteiger partial charge in [-0.25, -0.2) is 4.79 Å². The molecule has 0 saturated carbocycles. The first-order valence-electron chi connectivity index (χ1n) is 5.76. The maximum Gasteiger partial charge on any atom is 0.348 e. The third kappa shape index (κ3) is 2.11. The van der Waals surface area contributed by atoms with Gasteiger partial charge in [-0.3, -0.25) is 9.36 Å². The van der Waals surface area contributed by atoms with Crippen LogP contribution in [-0.4, -0.2) is 30.8 Å². The molecule has 0 spiro atoms. The molecular formula is C12H13N3O5. The van der Waals surface area contributed by atoms with Crippen LogP contribution in [0.25, 0.3) is 10.9 Å². The second kappa shape index (κ2) is 4.72. The minimum absolute atomic E-state index is 0.103. The van der Waals surface area contributed by atoms with Gasteiger partial charge in [0.2, 0.25) is 0 Å². The monoisotopic (exact) mass is 279 g/mol. The van der Waals surface area contributed by atoms with Gasteiger partial charge < -0.3 is 21.1 Å². The molecule has 0 unspecified atom stereocenters. The molecule has 0 bridgehead atoms. The minimum atomic E-state index is -1.07. The lowest BCUT2D eigenvalue weighted by Crippen LogP contribution is -2.25. The smallest absolute Gasteiger partial charge is 0.348 e. The molecule has 0 saturated heterocycles. The highest BCUT2D eigenvalue weighted by Crippen LogP contribution is 2.38. The number of anilines is 1. The van der Waals surface area contributed by atoms with E-state index in [2.05, 4.69) is 4.98 Å². The van der Waals surface area contributed by atoms with E-state index >= 15 is 0 Å². The van der Waals surface area contributed by atoms with Crippen molar-refractivity contribution < 1.29 is 20.1 Å². The highest BCUT2D eigenvalue weighted by molar-refractivity contribution is 5.97. The summed E-state index contributed by atoms with van der Waals surface area (Å²) in [7, 11) is 0. The fraction of sp³-hybridized carbons (Fsp3) is 0.250. The van der Waals surface area contributed by atoms with Gasteiger partial charge in [0.1, 0.15) is 0 Å². The normalized spacial score (nSPS) is 10.8. The van der Waals surface area contributed by atoms with Gasteiger partial charge in [0, 0.05) is 18.0 Å². The van der Waals surface area contributed by atoms with Gasteiger partial charge >= 0.3 is 11.7 Å². The summed E-state index contributed by atoms with van der Waals surface area (Å²) in [5.74, 6) is -2.04. The van der Waals surface area contributed by atoms with Crippen LogP contribution in [0.5, 0.6) is 11.5 Å². The Balaban J connectivity index is 2.81. The molecule has 0 aliphatic rings. The number of fused-ring (bicyclic) bond motifs is 1. The van der Waals surface area contributed by atoms with Crippen molar-refractivity contribution in [2.75, 3.05) is 5.73 Å². The maximum absolute atomic E-state index is 11.8. The number of aromatic hydroxyl groups is 2. The zero-order valence-corrected chi connectivity index (χ0v) is 10.6. The van der Waals surface area contributed by atoms with Crippen LogP contribution < -0.4 is 11.4 Å². The first-order chi connectivity index (χ1) is 9.32. The Kier molecular flexibility index (Phi) is 3.23. The van der Waals surface area contributed by atoms with Crippen LogP contribution in [-0.2, 0) is 11.3 Å². The van der Waals surface area contributed by atoms with E-state index in [1.54, 1.807) is 0 Å². The first-order valence-corrected chi connectivity index (χ1v) is 5.76. The average molecular weight is 279 g/mol. The number of aliphatic carboxylic acids is 1. The van der Waals surface area contributed by atoms with Crippen molar-refractivity contribution in [1.82, 2.24) is 9.55 Å². The highest BCUT2D eigenvalue weighted by Gasteiger charge is 2.16. The Morgan fingerprint density at radius 1 is 1.45 bits per heavy atom. The molecule has 0 radical (unpaired) electrons. The molecule has 0 amide bonds. The quantitative estimate of drug-likeness (QED) is 0.464. The topological polar surface area (TPSA) is 139 Å². The summed E-state index contributed by atoms with van der Waals surface area (Å²) in [6.07, 6.45) is -0.276. The Morgan fingerprint density at radius 2 is 2.10 bits per heavy atom. The molecule has 8 nitrogen and oxygen atoms in total. The van der Waals surface area contributed by atoms with Crippen molar-refractivity contribution in [3.8, 4) is 11.5 Å². The van der Waals surface area contributed by atoms with Gasteiger partial charge in [-0.1, -0.05) is 0 Å². The van der Waals surface area contributed by atoms with Crippen molar-refractivity contribution in [3.63, 3.8) is 0 Å². The molecule has 106 valence electrons. The van der Waals surface area contributed by atoms with Crippen LogP contribution in [0.4, 0.5) is 5.69 Å². The van der Waals surface area contributed by atoms with Crippen molar-refractivity contribution in [2.45, 2.75) is 19.9 Å². The average Bonchev–Trinajstić information content (AvgIpc) is 2.34. The van der Waals surface area contributed by atoms with Crippen molar-refractivity contribution in [1.29, 1.82) is 0 Å². The van der Waals surface area contributed by atoms with Crippen LogP contribution in [0.1, 0.15) is 12.1 Å². The molecule has 0 aliphatic heterocycles. The van der Waals surface area contributed by atoms with Gasteiger partial charge in [0.25, 0.3) is 0 Å². The van der Waals surface area contributed by atoms with E-state index in [-0.39, 0.29) is 24.2 Å². The number of aryl methyl sites for hydroxylation is 2. The standard InChI is InChI=1S/C12H13N3O5/c1-5-9-6(4-7(16)11(19)10(9)13)15(12(20)14-5)3-2-8(17)18/h4,16,19H,2-3,13H2,1H3,(H,17,18). The third-order valence-corrected chi connectivity index (χ3v) is 2.99. The van der Waals surface area contributed by atoms with Crippen LogP contribution in [0.15, 0.2) is 10.9 Å². The second-order valence-electron chi connectivity index (χ2n) is 4.33. The van der Waals surface area contributed by atoms with E-state index in [1.165, 1.54) is 13.0 Å². The van der Waals surface area contributed by atoms with Gasteiger partial charge in [0.15, 0.2) is 11.5 Å². The predicted octanol–water partition coefficient (Wildman–Crippen LogP) is 0.173. The second-order valence-corrected chi connectivity index (χ2v) is 4.33. The number of carboxylic acid groups (broad SMARTS) is 1. The number of hydrogen-bond donors (Lipinski definition) is 4. The van der Waals surface area contributed by atoms with Crippen LogP contribution in [0.2, 0.25) is 0 Å². The number of aromatic nitrogens is 2. The minimum Gasteiger partial charge on any atom is -0.504 e. The number of nitrogen functional groups attached to an aromatic ring is 1. The van der Waals surface area contributed by atoms with Gasteiger partial charge in [-0.05, 0) is 6.92 Å². The molecular weight excluding hydrogens is 266 g/mol. The van der Waals surface area contributed by atoms with Crippen LogP contribution in [0.3, 0.4) is 0 Å². The maximum atomic E-state index is 11.8. The van der Waals surface area contributed by atoms with Crippen molar-refractivity contribution in [2.24, 2.45) is 0 Å². The number of rotatable bonds is 3. The number of benzene rings is 1. The van der Waals surface area contributed by atoms with Crippen molar-refractivity contribution >= 4 is 22.6 Å². The summed E-state index contributed by atoms with van der Waals surface area (Å²) in [6, 6.07) is 1.17. The molecule has 0 atom stereocenters. The molecule has 1 heterocycles. The lowest BCUT2D eigenvalue weighted by atomic mass is 10.1. The number of hydrogen-bond acceptors (Lipinski definition) is 6. The lowest BCUT2D eigenvalue weighted by Gasteiger charge is -2.13. The lowest BCUT2D eigenvalue weighted by molar-refractivity contribution is -0.137. The Morgan fingerprint density at radius 3 is 2.70 bits per heavy atom. The van der Waals surface area contributed by atoms with E-state index in [9.17, 15) is 19.8 Å². The fourth-order valence-electron chi connectivity index (χ4n) is 2.04. The number of nitrogens with zero attached hydrogens (tertiary/aromatic N) is 2. The van der Waals surface area contributed by atoms with E-state index in [0.29, 0.717) is 11.1 Å². The highest BCUT2D eigenvalue weighted by atomic mass is 16.4. The molecule has 1 aromatic carbocycles. The Labute approximate surface area is 112 Å². The Bertz CT molecular complexity index is 766. The largest absolute Gasteiger partial charge is 0.504 e. The number of nitrogens with two attached hydrogens (primary N) is 1. The van der Waals surface area contributed by atoms with Gasteiger partial charge in [-0.15, -0.1) is 0 Å². The van der Waals surface area contributed by atoms with Crippen LogP contribution in [0, 0.1) is 6.92 Å². The molecule has 2 rings (SSSR count). The first kappa shape index (κ1) is 13.7. The molecule has 20 heavy (non-hydrogen) atoms. The number of carboxylic acids is 1. The molecule has 0 aliphatic carbocycles. The van der Waals surface area contributed by atoms with Gasteiger partial charge in [0.05, 0.1) is 23.3 Å². The van der Waals surface area contributed by atoms with E-state index in [1.807, 2.05) is 0 Å². The predicted molar refractivity (Wildman–Crippen MR) is 70.7 cm³/mol. The molecule has 5 N–H and O–H groups in total. The van der Waals surface area contributed by atoms with E-state index in [4.69, 9.17) is 10.8 Å². The zero-order chi connectivity index (χ0) is 15.0. The summed E-state index contributed by atoms with van der Waals surface area (Å²) >= 11 is 0. The summed E-state index contributed by atoms with van der Waals surface area (Å²) in [5, 5.41) is 28.2. The Hall–Kier alpha value is -2.77. The number of phenols is 2. The number of phenolic OH excluding ortho intramolecular Hbond substituents is 2. The molecule has 1 aromatic heterocycles. The summed E-state index contributed by atoms with van der Waals surface area (Å²) < 4.78 is 1.10. The summed E-state index contributed by atoms with van der Waals surface area (Å²) in [5.41, 5.74) is 5.50. The fourth-order valence-corrected chi connectivity index (χ4v) is 2.04. The van der Waals surface area contributed by atoms with E-state index in [0.717, 1.165) is 4.57 Å². The molecule has 2 aromatic rings. The summed E-state index contributed by atoms with van der Waals surface area (Å²) in [4.78, 5) is 26.2. The third-order valence-electron chi connectivity index (χ3n) is 2.99. The summed E-state index contributed by atoms with van der Waals surface area (Å²) in [6.45, 7) is 1.43. The molecule has 8 heteroatoms. The molecule has 0 fully saturated rings. The van der Waals surface area contributed by atoms with Crippen LogP contribution >= 0.6 is 0 Å². The zero-order valence-electron chi connectivity index (χ0n) is 10.6. The van der Waals surface area contributed by atoms with E-state index < -0.39 is 23.2 Å². The SMILES string of the molecule is Cc1nc(=O)n(CCC(=O)O)c2cc(O)c(O)c(N)c12. The number of carbonyl (C=O) groups is 1. The van der Waals surface area contributed by atoms with Gasteiger partial charge in [-0.2, -0.15) is 4.98 Å².